The first kappa shape index (κ1) is 12.1. The smallest absolute Gasteiger partial charge is 0.242 e. The molecular weight excluding hydrogens is 218 g/mol. The van der Waals surface area contributed by atoms with Crippen molar-refractivity contribution in [2.45, 2.75) is 38.8 Å². The lowest BCUT2D eigenvalue weighted by molar-refractivity contribution is -0.136. The van der Waals surface area contributed by atoms with Gasteiger partial charge in [0.25, 0.3) is 0 Å². The predicted octanol–water partition coefficient (Wildman–Crippen LogP) is 1.07. The summed E-state index contributed by atoms with van der Waals surface area (Å²) in [6, 6.07) is 1.83. The molecule has 1 aromatic rings. The number of nitrogens with two attached hydrogens (primary N) is 1. The van der Waals surface area contributed by atoms with E-state index in [2.05, 4.69) is 5.16 Å². The molecule has 0 bridgehead atoms. The van der Waals surface area contributed by atoms with Crippen LogP contribution in [0.15, 0.2) is 10.6 Å². The highest BCUT2D eigenvalue weighted by atomic mass is 16.5. The van der Waals surface area contributed by atoms with Crippen molar-refractivity contribution >= 4 is 5.91 Å². The maximum Gasteiger partial charge on any atom is 0.242 e. The van der Waals surface area contributed by atoms with Crippen molar-refractivity contribution < 1.29 is 9.32 Å². The van der Waals surface area contributed by atoms with Gasteiger partial charge in [0.1, 0.15) is 11.5 Å². The molecule has 1 fully saturated rings. The zero-order chi connectivity index (χ0) is 12.6. The van der Waals surface area contributed by atoms with Crippen LogP contribution in [-0.2, 0) is 11.3 Å². The van der Waals surface area contributed by atoms with Crippen molar-refractivity contribution in [1.82, 2.24) is 10.1 Å². The summed E-state index contributed by atoms with van der Waals surface area (Å²) in [6.07, 6.45) is 2.10. The summed E-state index contributed by atoms with van der Waals surface area (Å²) < 4.78 is 4.97. The molecule has 2 rings (SSSR count). The van der Waals surface area contributed by atoms with E-state index in [0.717, 1.165) is 24.3 Å². The standard InChI is InChI=1S/C12H19N3O2/c1-8-6-10(14-17-8)7-15(3)11(16)12(2,13)9-4-5-9/h6,9H,4-5,7,13H2,1-3H3. The van der Waals surface area contributed by atoms with E-state index in [1.165, 1.54) is 0 Å². The zero-order valence-electron chi connectivity index (χ0n) is 10.6. The molecule has 0 radical (unpaired) electrons. The Labute approximate surface area is 101 Å². The third-order valence-electron chi connectivity index (χ3n) is 3.31. The van der Waals surface area contributed by atoms with Crippen LogP contribution in [-0.4, -0.2) is 28.6 Å². The largest absolute Gasteiger partial charge is 0.361 e. The van der Waals surface area contributed by atoms with Gasteiger partial charge < -0.3 is 15.2 Å². The fourth-order valence-corrected chi connectivity index (χ4v) is 2.08. The lowest BCUT2D eigenvalue weighted by atomic mass is 9.95. The van der Waals surface area contributed by atoms with E-state index in [1.807, 2.05) is 19.9 Å². The van der Waals surface area contributed by atoms with Crippen molar-refractivity contribution in [2.24, 2.45) is 11.7 Å². The number of nitrogens with zero attached hydrogens (tertiary/aromatic N) is 2. The average molecular weight is 237 g/mol. The van der Waals surface area contributed by atoms with Crippen LogP contribution in [0, 0.1) is 12.8 Å². The Bertz CT molecular complexity index is 421. The fourth-order valence-electron chi connectivity index (χ4n) is 2.08. The fraction of sp³-hybridized carbons (Fsp3) is 0.667. The van der Waals surface area contributed by atoms with Gasteiger partial charge in [0, 0.05) is 13.1 Å². The number of likely N-dealkylation sites (N-methyl/N-ethyl adjacent to an activating group) is 1. The van der Waals surface area contributed by atoms with Gasteiger partial charge in [-0.1, -0.05) is 5.16 Å². The molecule has 17 heavy (non-hydrogen) atoms. The molecule has 1 aliphatic carbocycles. The molecule has 1 unspecified atom stereocenters. The minimum absolute atomic E-state index is 0.0272. The molecule has 0 aliphatic heterocycles. The van der Waals surface area contributed by atoms with Gasteiger partial charge in [-0.2, -0.15) is 0 Å². The van der Waals surface area contributed by atoms with Crippen LogP contribution < -0.4 is 5.73 Å². The normalized spacial score (nSPS) is 18.8. The van der Waals surface area contributed by atoms with Crippen molar-refractivity contribution in [1.29, 1.82) is 0 Å². The molecule has 1 atom stereocenters. The van der Waals surface area contributed by atoms with Crippen LogP contribution in [0.25, 0.3) is 0 Å². The molecule has 1 saturated carbocycles. The van der Waals surface area contributed by atoms with E-state index in [1.54, 1.807) is 11.9 Å². The molecule has 1 aliphatic rings. The second-order valence-electron chi connectivity index (χ2n) is 5.15. The van der Waals surface area contributed by atoms with Gasteiger partial charge in [-0.3, -0.25) is 4.79 Å². The first-order valence-corrected chi connectivity index (χ1v) is 5.88. The maximum atomic E-state index is 12.2. The Hall–Kier alpha value is -1.36. The third kappa shape index (κ3) is 2.49. The third-order valence-corrected chi connectivity index (χ3v) is 3.31. The minimum Gasteiger partial charge on any atom is -0.361 e. The first-order valence-electron chi connectivity index (χ1n) is 5.88. The van der Waals surface area contributed by atoms with E-state index < -0.39 is 5.54 Å². The second-order valence-corrected chi connectivity index (χ2v) is 5.15. The number of hydrogen-bond donors (Lipinski definition) is 1. The number of rotatable bonds is 4. The molecule has 1 heterocycles. The first-order chi connectivity index (χ1) is 7.91. The highest BCUT2D eigenvalue weighted by molar-refractivity contribution is 5.86. The SMILES string of the molecule is Cc1cc(CN(C)C(=O)C(C)(N)C2CC2)no1. The van der Waals surface area contributed by atoms with Crippen LogP contribution in [0.2, 0.25) is 0 Å². The Balaban J connectivity index is 1.99. The number of hydrogen-bond acceptors (Lipinski definition) is 4. The molecule has 5 heteroatoms. The van der Waals surface area contributed by atoms with Crippen molar-refractivity contribution in [3.63, 3.8) is 0 Å². The average Bonchev–Trinajstić information content (AvgIpc) is 3.03. The van der Waals surface area contributed by atoms with Gasteiger partial charge in [0.15, 0.2) is 0 Å². The molecule has 2 N–H and O–H groups in total. The molecule has 5 nitrogen and oxygen atoms in total. The van der Waals surface area contributed by atoms with Crippen molar-refractivity contribution in [3.05, 3.63) is 17.5 Å². The van der Waals surface area contributed by atoms with Crippen LogP contribution in [0.5, 0.6) is 0 Å². The number of carbonyl (C=O) groups is 1. The molecule has 1 aromatic heterocycles. The maximum absolute atomic E-state index is 12.2. The summed E-state index contributed by atoms with van der Waals surface area (Å²) in [4.78, 5) is 13.8. The summed E-state index contributed by atoms with van der Waals surface area (Å²) in [5, 5.41) is 3.87. The number of aromatic nitrogens is 1. The van der Waals surface area contributed by atoms with Crippen LogP contribution >= 0.6 is 0 Å². The molecule has 0 spiro atoms. The Morgan fingerprint density at radius 3 is 2.82 bits per heavy atom. The van der Waals surface area contributed by atoms with E-state index in [0.29, 0.717) is 12.5 Å². The lowest BCUT2D eigenvalue weighted by Crippen LogP contribution is -2.53. The van der Waals surface area contributed by atoms with Gasteiger partial charge in [-0.15, -0.1) is 0 Å². The quantitative estimate of drug-likeness (QED) is 0.850. The predicted molar refractivity (Wildman–Crippen MR) is 63.0 cm³/mol. The number of aryl methyl sites for hydroxylation is 1. The van der Waals surface area contributed by atoms with E-state index in [4.69, 9.17) is 10.3 Å². The van der Waals surface area contributed by atoms with Crippen LogP contribution in [0.1, 0.15) is 31.2 Å². The zero-order valence-corrected chi connectivity index (χ0v) is 10.6. The number of amides is 1. The Kier molecular flexibility index (Phi) is 2.95. The molecule has 0 saturated heterocycles. The van der Waals surface area contributed by atoms with E-state index in [-0.39, 0.29) is 5.91 Å². The van der Waals surface area contributed by atoms with Gasteiger partial charge >= 0.3 is 0 Å². The van der Waals surface area contributed by atoms with Gasteiger partial charge in [-0.05, 0) is 32.6 Å². The minimum atomic E-state index is -0.743. The second kappa shape index (κ2) is 4.14. The highest BCUT2D eigenvalue weighted by Crippen LogP contribution is 2.38. The lowest BCUT2D eigenvalue weighted by Gasteiger charge is -2.28. The highest BCUT2D eigenvalue weighted by Gasteiger charge is 2.45. The Morgan fingerprint density at radius 1 is 1.71 bits per heavy atom. The summed E-state index contributed by atoms with van der Waals surface area (Å²) in [5.41, 5.74) is 6.10. The molecular formula is C12H19N3O2. The topological polar surface area (TPSA) is 72.4 Å². The van der Waals surface area contributed by atoms with Crippen LogP contribution in [0.4, 0.5) is 0 Å². The van der Waals surface area contributed by atoms with Gasteiger partial charge in [0.05, 0.1) is 12.1 Å². The van der Waals surface area contributed by atoms with E-state index >= 15 is 0 Å². The summed E-state index contributed by atoms with van der Waals surface area (Å²) >= 11 is 0. The summed E-state index contributed by atoms with van der Waals surface area (Å²) in [7, 11) is 1.75. The number of carbonyl (C=O) groups excluding carboxylic acids is 1. The monoisotopic (exact) mass is 237 g/mol. The van der Waals surface area contributed by atoms with Gasteiger partial charge in [0.2, 0.25) is 5.91 Å². The summed E-state index contributed by atoms with van der Waals surface area (Å²) in [5.74, 6) is 1.05. The van der Waals surface area contributed by atoms with E-state index in [9.17, 15) is 4.79 Å². The summed E-state index contributed by atoms with van der Waals surface area (Å²) in [6.45, 7) is 4.09. The molecule has 1 amide bonds. The van der Waals surface area contributed by atoms with Gasteiger partial charge in [-0.25, -0.2) is 0 Å². The van der Waals surface area contributed by atoms with Crippen LogP contribution in [0.3, 0.4) is 0 Å². The molecule has 94 valence electrons. The Morgan fingerprint density at radius 2 is 2.35 bits per heavy atom. The van der Waals surface area contributed by atoms with Crippen molar-refractivity contribution in [2.75, 3.05) is 7.05 Å². The molecule has 0 aromatic carbocycles. The van der Waals surface area contributed by atoms with Crippen molar-refractivity contribution in [3.8, 4) is 0 Å².